The number of nitrogens with zero attached hydrogens (tertiary/aromatic N) is 1. The standard InChI is InChI=1S/C20H24N2O/c1-4-19-20-17(16-7-5-6-8-18(16)21-20)9-10-22(19)12-15-11-13(2)14(3)23-15/h5-8,11,19,21H,4,9-10,12H2,1-3H3. The minimum Gasteiger partial charge on any atom is -0.465 e. The molecule has 1 unspecified atom stereocenters. The van der Waals surface area contributed by atoms with Crippen molar-refractivity contribution in [1.82, 2.24) is 9.88 Å². The van der Waals surface area contributed by atoms with Gasteiger partial charge in [-0.3, -0.25) is 4.90 Å². The lowest BCUT2D eigenvalue weighted by molar-refractivity contribution is 0.155. The van der Waals surface area contributed by atoms with Crippen molar-refractivity contribution in [2.24, 2.45) is 0 Å². The minimum atomic E-state index is 0.442. The first kappa shape index (κ1) is 14.6. The van der Waals surface area contributed by atoms with E-state index in [0.29, 0.717) is 6.04 Å². The maximum Gasteiger partial charge on any atom is 0.118 e. The Morgan fingerprint density at radius 3 is 2.83 bits per heavy atom. The quantitative estimate of drug-likeness (QED) is 0.747. The second-order valence-electron chi connectivity index (χ2n) is 6.66. The summed E-state index contributed by atoms with van der Waals surface area (Å²) in [6.07, 6.45) is 2.22. The number of nitrogens with one attached hydrogen (secondary N) is 1. The molecule has 120 valence electrons. The van der Waals surface area contributed by atoms with Gasteiger partial charge >= 0.3 is 0 Å². The second-order valence-corrected chi connectivity index (χ2v) is 6.66. The van der Waals surface area contributed by atoms with Gasteiger partial charge in [0.05, 0.1) is 12.6 Å². The monoisotopic (exact) mass is 308 g/mol. The summed E-state index contributed by atoms with van der Waals surface area (Å²) in [7, 11) is 0. The third kappa shape index (κ3) is 2.40. The molecular weight excluding hydrogens is 284 g/mol. The molecule has 23 heavy (non-hydrogen) atoms. The van der Waals surface area contributed by atoms with Crippen LogP contribution in [-0.4, -0.2) is 16.4 Å². The molecule has 0 saturated heterocycles. The van der Waals surface area contributed by atoms with E-state index >= 15 is 0 Å². The summed E-state index contributed by atoms with van der Waals surface area (Å²) in [5, 5.41) is 1.39. The van der Waals surface area contributed by atoms with Crippen LogP contribution >= 0.6 is 0 Å². The molecular formula is C20H24N2O. The third-order valence-corrected chi connectivity index (χ3v) is 5.23. The van der Waals surface area contributed by atoms with E-state index in [1.165, 1.54) is 27.7 Å². The van der Waals surface area contributed by atoms with Crippen LogP contribution in [0.4, 0.5) is 0 Å². The highest BCUT2D eigenvalue weighted by Crippen LogP contribution is 2.37. The number of hydrogen-bond acceptors (Lipinski definition) is 2. The van der Waals surface area contributed by atoms with Gasteiger partial charge in [0, 0.05) is 23.1 Å². The van der Waals surface area contributed by atoms with Gasteiger partial charge in [-0.05, 0) is 49.9 Å². The van der Waals surface area contributed by atoms with E-state index in [0.717, 1.165) is 37.5 Å². The number of hydrogen-bond donors (Lipinski definition) is 1. The van der Waals surface area contributed by atoms with Crippen molar-refractivity contribution < 1.29 is 4.42 Å². The number of aromatic nitrogens is 1. The number of H-pyrrole nitrogens is 1. The molecule has 1 aliphatic rings. The number of fused-ring (bicyclic) bond motifs is 3. The number of para-hydroxylation sites is 1. The molecule has 1 atom stereocenters. The van der Waals surface area contributed by atoms with Crippen molar-refractivity contribution >= 4 is 10.9 Å². The van der Waals surface area contributed by atoms with Gasteiger partial charge in [-0.25, -0.2) is 0 Å². The van der Waals surface area contributed by atoms with Crippen molar-refractivity contribution in [3.8, 4) is 0 Å². The van der Waals surface area contributed by atoms with Gasteiger partial charge in [0.2, 0.25) is 0 Å². The third-order valence-electron chi connectivity index (χ3n) is 5.23. The lowest BCUT2D eigenvalue weighted by Gasteiger charge is -2.34. The number of rotatable bonds is 3. The van der Waals surface area contributed by atoms with Crippen LogP contribution in [0.15, 0.2) is 34.7 Å². The predicted molar refractivity (Wildman–Crippen MR) is 93.6 cm³/mol. The fourth-order valence-electron chi connectivity index (χ4n) is 3.95. The Bertz CT molecular complexity index is 823. The molecule has 3 nitrogen and oxygen atoms in total. The minimum absolute atomic E-state index is 0.442. The van der Waals surface area contributed by atoms with Crippen molar-refractivity contribution in [2.45, 2.75) is 46.2 Å². The molecule has 0 aliphatic carbocycles. The van der Waals surface area contributed by atoms with Gasteiger partial charge in [0.15, 0.2) is 0 Å². The lowest BCUT2D eigenvalue weighted by atomic mass is 9.95. The summed E-state index contributed by atoms with van der Waals surface area (Å²) >= 11 is 0. The van der Waals surface area contributed by atoms with Crippen molar-refractivity contribution in [1.29, 1.82) is 0 Å². The first-order chi connectivity index (χ1) is 11.2. The molecule has 0 bridgehead atoms. The average Bonchev–Trinajstić information content (AvgIpc) is 3.07. The summed E-state index contributed by atoms with van der Waals surface area (Å²) in [5.41, 5.74) is 5.43. The van der Waals surface area contributed by atoms with Gasteiger partial charge in [-0.2, -0.15) is 0 Å². The maximum absolute atomic E-state index is 5.90. The fourth-order valence-corrected chi connectivity index (χ4v) is 3.95. The van der Waals surface area contributed by atoms with E-state index in [2.05, 4.69) is 54.1 Å². The molecule has 2 aromatic heterocycles. The molecule has 0 spiro atoms. The van der Waals surface area contributed by atoms with E-state index in [9.17, 15) is 0 Å². The molecule has 0 fully saturated rings. The zero-order valence-electron chi connectivity index (χ0n) is 14.1. The van der Waals surface area contributed by atoms with Gasteiger partial charge in [0.1, 0.15) is 11.5 Å². The Labute approximate surface area is 137 Å². The Balaban J connectivity index is 1.68. The number of aryl methyl sites for hydroxylation is 2. The van der Waals surface area contributed by atoms with Crippen molar-refractivity contribution in [3.05, 3.63) is 58.7 Å². The first-order valence-corrected chi connectivity index (χ1v) is 8.56. The lowest BCUT2D eigenvalue weighted by Crippen LogP contribution is -2.34. The predicted octanol–water partition coefficient (Wildman–Crippen LogP) is 4.89. The van der Waals surface area contributed by atoms with Crippen LogP contribution in [0.3, 0.4) is 0 Å². The Morgan fingerprint density at radius 2 is 2.09 bits per heavy atom. The smallest absolute Gasteiger partial charge is 0.118 e. The molecule has 3 aromatic rings. The summed E-state index contributed by atoms with van der Waals surface area (Å²) in [6.45, 7) is 8.42. The van der Waals surface area contributed by atoms with Crippen LogP contribution in [0.25, 0.3) is 10.9 Å². The van der Waals surface area contributed by atoms with Crippen LogP contribution in [-0.2, 0) is 13.0 Å². The molecule has 0 radical (unpaired) electrons. The Kier molecular flexibility index (Phi) is 3.53. The van der Waals surface area contributed by atoms with Gasteiger partial charge < -0.3 is 9.40 Å². The Hall–Kier alpha value is -2.00. The van der Waals surface area contributed by atoms with Gasteiger partial charge in [-0.1, -0.05) is 25.1 Å². The van der Waals surface area contributed by atoms with E-state index in [4.69, 9.17) is 4.42 Å². The average molecular weight is 308 g/mol. The zero-order chi connectivity index (χ0) is 16.0. The van der Waals surface area contributed by atoms with Gasteiger partial charge in [0.25, 0.3) is 0 Å². The normalized spacial score (nSPS) is 18.5. The summed E-state index contributed by atoms with van der Waals surface area (Å²) in [5.74, 6) is 2.12. The van der Waals surface area contributed by atoms with E-state index < -0.39 is 0 Å². The van der Waals surface area contributed by atoms with Crippen LogP contribution in [0.5, 0.6) is 0 Å². The highest BCUT2D eigenvalue weighted by Gasteiger charge is 2.29. The zero-order valence-corrected chi connectivity index (χ0v) is 14.1. The molecule has 1 aliphatic heterocycles. The van der Waals surface area contributed by atoms with E-state index in [1.807, 2.05) is 6.92 Å². The van der Waals surface area contributed by atoms with Crippen LogP contribution in [0, 0.1) is 13.8 Å². The molecule has 4 rings (SSSR count). The number of aromatic amines is 1. The fraction of sp³-hybridized carbons (Fsp3) is 0.400. The molecule has 1 aromatic carbocycles. The molecule has 0 saturated carbocycles. The maximum atomic E-state index is 5.90. The number of benzene rings is 1. The van der Waals surface area contributed by atoms with Crippen molar-refractivity contribution in [2.75, 3.05) is 6.54 Å². The molecule has 3 heterocycles. The largest absolute Gasteiger partial charge is 0.465 e. The van der Waals surface area contributed by atoms with Crippen LogP contribution < -0.4 is 0 Å². The van der Waals surface area contributed by atoms with Crippen LogP contribution in [0.1, 0.15) is 47.7 Å². The van der Waals surface area contributed by atoms with Gasteiger partial charge in [-0.15, -0.1) is 0 Å². The van der Waals surface area contributed by atoms with E-state index in [1.54, 1.807) is 0 Å². The molecule has 1 N–H and O–H groups in total. The summed E-state index contributed by atoms with van der Waals surface area (Å²) in [4.78, 5) is 6.23. The summed E-state index contributed by atoms with van der Waals surface area (Å²) in [6, 6.07) is 11.3. The van der Waals surface area contributed by atoms with Crippen LogP contribution in [0.2, 0.25) is 0 Å². The number of furan rings is 1. The second kappa shape index (κ2) is 5.57. The highest BCUT2D eigenvalue weighted by molar-refractivity contribution is 5.85. The molecule has 0 amide bonds. The first-order valence-electron chi connectivity index (χ1n) is 8.56. The summed E-state index contributed by atoms with van der Waals surface area (Å²) < 4.78 is 5.90. The van der Waals surface area contributed by atoms with Crippen molar-refractivity contribution in [3.63, 3.8) is 0 Å². The SMILES string of the molecule is CCC1c2[nH]c3ccccc3c2CCN1Cc1cc(C)c(C)o1. The molecule has 3 heteroatoms. The van der Waals surface area contributed by atoms with E-state index in [-0.39, 0.29) is 0 Å². The highest BCUT2D eigenvalue weighted by atomic mass is 16.3. The topological polar surface area (TPSA) is 32.2 Å². The Morgan fingerprint density at radius 1 is 1.26 bits per heavy atom.